The van der Waals surface area contributed by atoms with Gasteiger partial charge in [-0.3, -0.25) is 0 Å². The minimum absolute atomic E-state index is 0.00866. The molecule has 0 aliphatic heterocycles. The normalized spacial score (nSPS) is 10.1. The summed E-state index contributed by atoms with van der Waals surface area (Å²) in [4.78, 5) is 11.0. The Kier molecular flexibility index (Phi) is 2.85. The van der Waals surface area contributed by atoms with Crippen LogP contribution in [0.25, 0.3) is 0 Å². The molecule has 8 nitrogen and oxygen atoms in total. The van der Waals surface area contributed by atoms with Crippen LogP contribution in [-0.4, -0.2) is 21.4 Å². The average Bonchev–Trinajstić information content (AvgIpc) is 2.43. The van der Waals surface area contributed by atoms with Crippen molar-refractivity contribution in [1.82, 2.24) is 9.90 Å². The molecule has 8 heteroatoms. The van der Waals surface area contributed by atoms with E-state index in [9.17, 15) is 15.3 Å². The molecule has 0 aliphatic rings. The van der Waals surface area contributed by atoms with Gasteiger partial charge in [-0.05, 0) is 13.8 Å². The van der Waals surface area contributed by atoms with Gasteiger partial charge >= 0.3 is 11.6 Å². The van der Waals surface area contributed by atoms with Gasteiger partial charge in [0.1, 0.15) is 11.6 Å². The van der Waals surface area contributed by atoms with Gasteiger partial charge in [0, 0.05) is 16.3 Å². The fourth-order valence-corrected chi connectivity index (χ4v) is 1.04. The van der Waals surface area contributed by atoms with Crippen LogP contribution in [0.15, 0.2) is 0 Å². The highest BCUT2D eigenvalue weighted by molar-refractivity contribution is 5.46. The summed E-state index contributed by atoms with van der Waals surface area (Å²) in [6.07, 6.45) is 0. The maximum Gasteiger partial charge on any atom is 0.495 e. The summed E-state index contributed by atoms with van der Waals surface area (Å²) in [5.41, 5.74) is 0. The summed E-state index contributed by atoms with van der Waals surface area (Å²) in [6.45, 7) is 4.21. The standard InChI is InChI=1S/C6H11N5O3/c1-3-7-5-6(11(13)14)10(12)9(4-2)8-5/h3-4H2,1-2H3,(H,7,8). The Balaban J connectivity index is 3.20. The summed E-state index contributed by atoms with van der Waals surface area (Å²) >= 11 is 0. The number of aryl methyl sites for hydroxylation is 1. The molecule has 1 aromatic heterocycles. The second-order valence-corrected chi connectivity index (χ2v) is 2.52. The zero-order valence-electron chi connectivity index (χ0n) is 7.93. The molecule has 0 saturated carbocycles. The third-order valence-corrected chi connectivity index (χ3v) is 1.62. The molecule has 0 bridgehead atoms. The quantitative estimate of drug-likeness (QED) is 0.316. The molecule has 1 aromatic rings. The van der Waals surface area contributed by atoms with E-state index in [1.54, 1.807) is 13.8 Å². The lowest BCUT2D eigenvalue weighted by Crippen LogP contribution is -2.39. The molecule has 0 aromatic carbocycles. The predicted octanol–water partition coefficient (Wildman–Crippen LogP) is -0.124. The van der Waals surface area contributed by atoms with E-state index in [-0.39, 0.29) is 17.2 Å². The Morgan fingerprint density at radius 2 is 2.29 bits per heavy atom. The Bertz CT molecular complexity index is 347. The van der Waals surface area contributed by atoms with Crippen LogP contribution in [-0.2, 0) is 6.54 Å². The maximum atomic E-state index is 11.3. The lowest BCUT2D eigenvalue weighted by molar-refractivity contribution is -0.736. The number of nitrogens with zero attached hydrogens (tertiary/aromatic N) is 4. The molecule has 0 amide bonds. The lowest BCUT2D eigenvalue weighted by Gasteiger charge is -1.96. The van der Waals surface area contributed by atoms with Crippen molar-refractivity contribution in [2.24, 2.45) is 0 Å². The number of nitro groups is 1. The third kappa shape index (κ3) is 1.58. The highest BCUT2D eigenvalue weighted by Gasteiger charge is 2.32. The largest absolute Gasteiger partial charge is 0.655 e. The van der Waals surface area contributed by atoms with Gasteiger partial charge in [-0.2, -0.15) is 0 Å². The Hall–Kier alpha value is -1.86. The topological polar surface area (TPSA) is 99.9 Å². The molecule has 0 saturated heterocycles. The van der Waals surface area contributed by atoms with E-state index in [4.69, 9.17) is 0 Å². The van der Waals surface area contributed by atoms with Crippen molar-refractivity contribution in [1.29, 1.82) is 0 Å². The van der Waals surface area contributed by atoms with Crippen LogP contribution in [0.4, 0.5) is 11.6 Å². The molecule has 1 rings (SSSR count). The maximum absolute atomic E-state index is 11.3. The highest BCUT2D eigenvalue weighted by Crippen LogP contribution is 2.15. The zero-order valence-corrected chi connectivity index (χ0v) is 7.93. The van der Waals surface area contributed by atoms with Crippen molar-refractivity contribution in [3.05, 3.63) is 15.3 Å². The van der Waals surface area contributed by atoms with Gasteiger partial charge in [0.15, 0.2) is 0 Å². The van der Waals surface area contributed by atoms with Crippen molar-refractivity contribution in [2.45, 2.75) is 20.4 Å². The Morgan fingerprint density at radius 3 is 2.71 bits per heavy atom. The molecular weight excluding hydrogens is 190 g/mol. The number of hydrogen-bond acceptors (Lipinski definition) is 5. The Morgan fingerprint density at radius 1 is 1.64 bits per heavy atom. The highest BCUT2D eigenvalue weighted by atomic mass is 16.6. The second kappa shape index (κ2) is 3.90. The SMILES string of the molecule is CCNc1nn(CC)[n+]([O-])c1[N+](=O)[O-]. The van der Waals surface area contributed by atoms with Gasteiger partial charge < -0.3 is 20.6 Å². The molecular formula is C6H11N5O3. The second-order valence-electron chi connectivity index (χ2n) is 2.52. The van der Waals surface area contributed by atoms with Crippen LogP contribution in [0.3, 0.4) is 0 Å². The first-order valence-corrected chi connectivity index (χ1v) is 4.20. The third-order valence-electron chi connectivity index (χ3n) is 1.62. The molecule has 0 aliphatic carbocycles. The number of rotatable bonds is 4. The summed E-state index contributed by atoms with van der Waals surface area (Å²) in [5.74, 6) is -0.553. The first-order chi connectivity index (χ1) is 6.61. The van der Waals surface area contributed by atoms with Gasteiger partial charge in [0.2, 0.25) is 0 Å². The van der Waals surface area contributed by atoms with E-state index in [0.29, 0.717) is 6.54 Å². The molecule has 78 valence electrons. The van der Waals surface area contributed by atoms with Crippen molar-refractivity contribution in [3.63, 3.8) is 0 Å². The van der Waals surface area contributed by atoms with Crippen LogP contribution in [0.1, 0.15) is 13.8 Å². The summed E-state index contributed by atoms with van der Waals surface area (Å²) < 4.78 is 0. The van der Waals surface area contributed by atoms with Crippen LogP contribution in [0, 0.1) is 15.3 Å². The smallest absolute Gasteiger partial charge is 0.495 e. The molecule has 0 atom stereocenters. The fourth-order valence-electron chi connectivity index (χ4n) is 1.04. The van der Waals surface area contributed by atoms with Gasteiger partial charge in [-0.25, -0.2) is 0 Å². The molecule has 1 heterocycles. The van der Waals surface area contributed by atoms with Crippen molar-refractivity contribution < 1.29 is 9.77 Å². The summed E-state index contributed by atoms with van der Waals surface area (Å²) in [7, 11) is 0. The zero-order chi connectivity index (χ0) is 10.7. The first kappa shape index (κ1) is 10.2. The molecule has 0 fully saturated rings. The average molecular weight is 201 g/mol. The van der Waals surface area contributed by atoms with Crippen LogP contribution < -0.4 is 10.2 Å². The summed E-state index contributed by atoms with van der Waals surface area (Å²) in [5, 5.41) is 28.2. The van der Waals surface area contributed by atoms with E-state index in [1.165, 1.54) is 0 Å². The van der Waals surface area contributed by atoms with Crippen molar-refractivity contribution in [2.75, 3.05) is 11.9 Å². The van der Waals surface area contributed by atoms with Gasteiger partial charge in [-0.1, -0.05) is 4.85 Å². The monoisotopic (exact) mass is 201 g/mol. The number of anilines is 1. The van der Waals surface area contributed by atoms with Crippen LogP contribution in [0.2, 0.25) is 0 Å². The minimum atomic E-state index is -0.746. The van der Waals surface area contributed by atoms with E-state index >= 15 is 0 Å². The van der Waals surface area contributed by atoms with Crippen LogP contribution in [0.5, 0.6) is 0 Å². The molecule has 14 heavy (non-hydrogen) atoms. The number of hydrogen-bond donors (Lipinski definition) is 1. The molecule has 0 radical (unpaired) electrons. The minimum Gasteiger partial charge on any atom is -0.655 e. The van der Waals surface area contributed by atoms with E-state index in [1.807, 2.05) is 0 Å². The lowest BCUT2D eigenvalue weighted by atomic mass is 10.6. The van der Waals surface area contributed by atoms with Crippen molar-refractivity contribution in [3.8, 4) is 0 Å². The van der Waals surface area contributed by atoms with Crippen LogP contribution >= 0.6 is 0 Å². The number of nitrogens with one attached hydrogen (secondary N) is 1. The molecule has 0 unspecified atom stereocenters. The number of aromatic nitrogens is 3. The van der Waals surface area contributed by atoms with Gasteiger partial charge in [-0.15, -0.1) is 0 Å². The fraction of sp³-hybridized carbons (Fsp3) is 0.667. The van der Waals surface area contributed by atoms with E-state index in [2.05, 4.69) is 10.4 Å². The van der Waals surface area contributed by atoms with Crippen molar-refractivity contribution >= 4 is 11.6 Å². The summed E-state index contributed by atoms with van der Waals surface area (Å²) in [6, 6.07) is 0. The first-order valence-electron chi connectivity index (χ1n) is 4.20. The van der Waals surface area contributed by atoms with E-state index < -0.39 is 10.7 Å². The van der Waals surface area contributed by atoms with E-state index in [0.717, 1.165) is 4.80 Å². The molecule has 1 N–H and O–H groups in total. The van der Waals surface area contributed by atoms with Gasteiger partial charge in [0.05, 0.1) is 0 Å². The Labute approximate surface area is 79.8 Å². The van der Waals surface area contributed by atoms with Gasteiger partial charge in [0.25, 0.3) is 0 Å². The predicted molar refractivity (Wildman–Crippen MR) is 47.7 cm³/mol. The molecule has 0 spiro atoms.